The molecule has 0 amide bonds. The molecule has 82 valence electrons. The Bertz CT molecular complexity index is 334. The summed E-state index contributed by atoms with van der Waals surface area (Å²) in [5.74, 6) is 0. The van der Waals surface area contributed by atoms with Gasteiger partial charge in [-0.25, -0.2) is 0 Å². The summed E-state index contributed by atoms with van der Waals surface area (Å²) in [6.07, 6.45) is 0. The van der Waals surface area contributed by atoms with Gasteiger partial charge in [-0.3, -0.25) is 0 Å². The van der Waals surface area contributed by atoms with E-state index in [1.54, 1.807) is 0 Å². The molecule has 2 rings (SSSR count). The van der Waals surface area contributed by atoms with E-state index in [9.17, 15) is 5.11 Å². The number of aliphatic hydroxyl groups is 1. The Kier molecular flexibility index (Phi) is 3.29. The summed E-state index contributed by atoms with van der Waals surface area (Å²) in [5, 5.41) is 12.5. The van der Waals surface area contributed by atoms with Crippen molar-refractivity contribution in [2.24, 2.45) is 5.41 Å². The van der Waals surface area contributed by atoms with Crippen LogP contribution in [0.3, 0.4) is 0 Å². The summed E-state index contributed by atoms with van der Waals surface area (Å²) in [6.45, 7) is 2.21. The molecule has 1 aliphatic rings. The number of anilines is 1. The lowest BCUT2D eigenvalue weighted by Crippen LogP contribution is -2.50. The second-order valence-electron chi connectivity index (χ2n) is 4.01. The van der Waals surface area contributed by atoms with Crippen LogP contribution in [0.1, 0.15) is 0 Å². The molecular formula is C11H14BrNO2. The van der Waals surface area contributed by atoms with Gasteiger partial charge in [0.25, 0.3) is 0 Å². The molecule has 0 radical (unpaired) electrons. The van der Waals surface area contributed by atoms with E-state index in [1.807, 2.05) is 24.3 Å². The van der Waals surface area contributed by atoms with Crippen LogP contribution in [0, 0.1) is 5.41 Å². The van der Waals surface area contributed by atoms with Gasteiger partial charge in [-0.2, -0.15) is 0 Å². The summed E-state index contributed by atoms with van der Waals surface area (Å²) in [5.41, 5.74) is 0.978. The Morgan fingerprint density at radius 3 is 2.80 bits per heavy atom. The zero-order valence-corrected chi connectivity index (χ0v) is 9.96. The van der Waals surface area contributed by atoms with Crippen molar-refractivity contribution in [3.05, 3.63) is 28.7 Å². The zero-order valence-electron chi connectivity index (χ0n) is 8.37. The molecule has 1 aromatic rings. The van der Waals surface area contributed by atoms with E-state index >= 15 is 0 Å². The van der Waals surface area contributed by atoms with Crippen molar-refractivity contribution >= 4 is 21.6 Å². The van der Waals surface area contributed by atoms with E-state index < -0.39 is 0 Å². The van der Waals surface area contributed by atoms with Gasteiger partial charge in [0.15, 0.2) is 0 Å². The molecule has 2 N–H and O–H groups in total. The molecule has 0 atom stereocenters. The monoisotopic (exact) mass is 271 g/mol. The summed E-state index contributed by atoms with van der Waals surface area (Å²) in [4.78, 5) is 0. The van der Waals surface area contributed by atoms with Crippen molar-refractivity contribution in [2.45, 2.75) is 0 Å². The summed E-state index contributed by atoms with van der Waals surface area (Å²) < 4.78 is 6.18. The largest absolute Gasteiger partial charge is 0.396 e. The van der Waals surface area contributed by atoms with Gasteiger partial charge in [0, 0.05) is 16.7 Å². The minimum absolute atomic E-state index is 0.0810. The third-order valence-electron chi connectivity index (χ3n) is 2.64. The Labute approximate surface area is 97.6 Å². The molecule has 0 saturated carbocycles. The van der Waals surface area contributed by atoms with Gasteiger partial charge < -0.3 is 15.2 Å². The van der Waals surface area contributed by atoms with Crippen molar-refractivity contribution < 1.29 is 9.84 Å². The summed E-state index contributed by atoms with van der Waals surface area (Å²) in [7, 11) is 0. The lowest BCUT2D eigenvalue weighted by molar-refractivity contribution is -0.128. The Morgan fingerprint density at radius 1 is 1.47 bits per heavy atom. The third-order valence-corrected chi connectivity index (χ3v) is 3.14. The smallest absolute Gasteiger partial charge is 0.0584 e. The quantitative estimate of drug-likeness (QED) is 0.879. The van der Waals surface area contributed by atoms with Crippen molar-refractivity contribution in [2.75, 3.05) is 31.7 Å². The fourth-order valence-corrected chi connectivity index (χ4v) is 1.93. The molecule has 15 heavy (non-hydrogen) atoms. The van der Waals surface area contributed by atoms with Gasteiger partial charge >= 0.3 is 0 Å². The van der Waals surface area contributed by atoms with E-state index in [2.05, 4.69) is 21.2 Å². The van der Waals surface area contributed by atoms with Crippen LogP contribution in [0.25, 0.3) is 0 Å². The topological polar surface area (TPSA) is 41.5 Å². The first kappa shape index (κ1) is 10.9. The highest BCUT2D eigenvalue weighted by atomic mass is 79.9. The number of benzene rings is 1. The van der Waals surface area contributed by atoms with E-state index in [-0.39, 0.29) is 12.0 Å². The first-order valence-corrected chi connectivity index (χ1v) is 5.71. The van der Waals surface area contributed by atoms with Gasteiger partial charge in [0.1, 0.15) is 0 Å². The van der Waals surface area contributed by atoms with Crippen LogP contribution < -0.4 is 5.32 Å². The molecule has 1 heterocycles. The van der Waals surface area contributed by atoms with Crippen molar-refractivity contribution in [3.8, 4) is 0 Å². The Morgan fingerprint density at radius 2 is 2.27 bits per heavy atom. The molecule has 4 heteroatoms. The molecular weight excluding hydrogens is 258 g/mol. The number of rotatable bonds is 4. The van der Waals surface area contributed by atoms with Crippen molar-refractivity contribution in [3.63, 3.8) is 0 Å². The Hall–Kier alpha value is -0.580. The van der Waals surface area contributed by atoms with Crippen molar-refractivity contribution in [1.82, 2.24) is 0 Å². The molecule has 0 spiro atoms. The molecule has 0 unspecified atom stereocenters. The highest BCUT2D eigenvalue weighted by molar-refractivity contribution is 9.10. The van der Waals surface area contributed by atoms with Gasteiger partial charge in [-0.15, -0.1) is 0 Å². The molecule has 3 nitrogen and oxygen atoms in total. The summed E-state index contributed by atoms with van der Waals surface area (Å²) >= 11 is 3.42. The van der Waals surface area contributed by atoms with E-state index in [0.717, 1.165) is 16.7 Å². The van der Waals surface area contributed by atoms with Gasteiger partial charge in [0.05, 0.1) is 25.2 Å². The average molecular weight is 272 g/mol. The minimum Gasteiger partial charge on any atom is -0.396 e. The predicted molar refractivity (Wildman–Crippen MR) is 63.0 cm³/mol. The second kappa shape index (κ2) is 4.51. The van der Waals surface area contributed by atoms with Crippen LogP contribution in [0.15, 0.2) is 28.7 Å². The molecule has 1 aromatic carbocycles. The highest BCUT2D eigenvalue weighted by Crippen LogP contribution is 2.27. The normalized spacial score (nSPS) is 18.3. The number of halogens is 1. The predicted octanol–water partition coefficient (Wildman–Crippen LogP) is 1.87. The lowest BCUT2D eigenvalue weighted by Gasteiger charge is -2.40. The van der Waals surface area contributed by atoms with Crippen LogP contribution >= 0.6 is 15.9 Å². The molecule has 1 aliphatic heterocycles. The van der Waals surface area contributed by atoms with Gasteiger partial charge in [-0.1, -0.05) is 22.0 Å². The third kappa shape index (κ3) is 2.51. The molecule has 0 aromatic heterocycles. The van der Waals surface area contributed by atoms with Crippen LogP contribution in [-0.4, -0.2) is 31.5 Å². The van der Waals surface area contributed by atoms with Gasteiger partial charge in [0.2, 0.25) is 0 Å². The summed E-state index contributed by atoms with van der Waals surface area (Å²) in [6, 6.07) is 7.99. The van der Waals surface area contributed by atoms with Crippen molar-refractivity contribution in [1.29, 1.82) is 0 Å². The maximum atomic E-state index is 9.24. The Balaban J connectivity index is 1.92. The fourth-order valence-electron chi connectivity index (χ4n) is 1.53. The first-order chi connectivity index (χ1) is 7.24. The van der Waals surface area contributed by atoms with Crippen LogP contribution in [-0.2, 0) is 4.74 Å². The van der Waals surface area contributed by atoms with E-state index in [0.29, 0.717) is 13.2 Å². The van der Waals surface area contributed by atoms with E-state index in [4.69, 9.17) is 4.74 Å². The maximum Gasteiger partial charge on any atom is 0.0584 e. The fraction of sp³-hybridized carbons (Fsp3) is 0.455. The maximum absolute atomic E-state index is 9.24. The van der Waals surface area contributed by atoms with Gasteiger partial charge in [-0.05, 0) is 18.2 Å². The molecule has 0 bridgehead atoms. The first-order valence-electron chi connectivity index (χ1n) is 4.92. The molecule has 0 aliphatic carbocycles. The number of aliphatic hydroxyl groups excluding tert-OH is 1. The van der Waals surface area contributed by atoms with Crippen LogP contribution in [0.4, 0.5) is 5.69 Å². The number of hydrogen-bond donors (Lipinski definition) is 2. The van der Waals surface area contributed by atoms with Crippen LogP contribution in [0.2, 0.25) is 0 Å². The number of ether oxygens (including phenoxy) is 1. The number of nitrogens with one attached hydrogen (secondary N) is 1. The lowest BCUT2D eigenvalue weighted by atomic mass is 9.87. The SMILES string of the molecule is OCC1(CNc2cccc(Br)c2)COC1. The molecule has 1 fully saturated rings. The average Bonchev–Trinajstić information content (AvgIpc) is 2.17. The standard InChI is InChI=1S/C11H14BrNO2/c12-9-2-1-3-10(4-9)13-5-11(6-14)7-15-8-11/h1-4,13-14H,5-8H2. The molecule has 1 saturated heterocycles. The van der Waals surface area contributed by atoms with Crippen LogP contribution in [0.5, 0.6) is 0 Å². The zero-order chi connectivity index (χ0) is 10.7. The highest BCUT2D eigenvalue weighted by Gasteiger charge is 2.37. The van der Waals surface area contributed by atoms with E-state index in [1.165, 1.54) is 0 Å². The minimum atomic E-state index is -0.0810. The number of hydrogen-bond acceptors (Lipinski definition) is 3. The second-order valence-corrected chi connectivity index (χ2v) is 4.93.